The summed E-state index contributed by atoms with van der Waals surface area (Å²) in [4.78, 5) is 24.5. The number of rotatable bonds is 54. The van der Waals surface area contributed by atoms with E-state index in [9.17, 15) is 19.8 Å². The molecule has 0 aromatic carbocycles. The van der Waals surface area contributed by atoms with Gasteiger partial charge in [0.1, 0.15) is 0 Å². The molecule has 0 aliphatic heterocycles. The summed E-state index contributed by atoms with van der Waals surface area (Å²) < 4.78 is 5.45. The number of hydrogen-bond acceptors (Lipinski definition) is 5. The van der Waals surface area contributed by atoms with Crippen molar-refractivity contribution >= 4 is 11.9 Å². The molecule has 0 radical (unpaired) electrons. The van der Waals surface area contributed by atoms with Crippen LogP contribution < -0.4 is 5.32 Å². The largest absolute Gasteiger partial charge is 0.466 e. The van der Waals surface area contributed by atoms with Crippen molar-refractivity contribution < 1.29 is 24.5 Å². The van der Waals surface area contributed by atoms with E-state index in [2.05, 4.69) is 43.5 Å². The molecule has 1 amide bonds. The molecule has 0 aliphatic carbocycles. The molecule has 0 saturated heterocycles. The van der Waals surface area contributed by atoms with Gasteiger partial charge in [0.2, 0.25) is 5.91 Å². The minimum Gasteiger partial charge on any atom is -0.466 e. The maximum Gasteiger partial charge on any atom is 0.305 e. The third-order valence-electron chi connectivity index (χ3n) is 13.4. The molecule has 0 bridgehead atoms. The van der Waals surface area contributed by atoms with Crippen molar-refractivity contribution in [2.45, 2.75) is 321 Å². The van der Waals surface area contributed by atoms with Crippen LogP contribution in [0.5, 0.6) is 0 Å². The average molecular weight is 929 g/mol. The lowest BCUT2D eigenvalue weighted by Crippen LogP contribution is -2.45. The molecule has 0 saturated carbocycles. The van der Waals surface area contributed by atoms with Gasteiger partial charge < -0.3 is 20.3 Å². The SMILES string of the molecule is CCCCC/C=C\C/C=C\CCCCCCCC(=O)OCCCCCCCCCCCC(=O)NC(CO)C(O)/C=C/CCCCCCCCCCCCCCCCCCCCCCCCC. The fourth-order valence-electron chi connectivity index (χ4n) is 8.90. The maximum atomic E-state index is 12.5. The third-order valence-corrected chi connectivity index (χ3v) is 13.4. The lowest BCUT2D eigenvalue weighted by Gasteiger charge is -2.20. The Hall–Kier alpha value is -1.92. The van der Waals surface area contributed by atoms with Crippen LogP contribution in [0, 0.1) is 0 Å². The van der Waals surface area contributed by atoms with Crippen molar-refractivity contribution in [1.29, 1.82) is 0 Å². The quantitative estimate of drug-likeness (QED) is 0.0321. The molecule has 2 unspecified atom stereocenters. The number of unbranched alkanes of at least 4 members (excludes halogenated alkanes) is 39. The van der Waals surface area contributed by atoms with Crippen LogP contribution >= 0.6 is 0 Å². The molecule has 66 heavy (non-hydrogen) atoms. The van der Waals surface area contributed by atoms with Crippen molar-refractivity contribution in [1.82, 2.24) is 5.32 Å². The highest BCUT2D eigenvalue weighted by Gasteiger charge is 2.18. The first-order valence-corrected chi connectivity index (χ1v) is 29.3. The molecule has 0 aliphatic rings. The summed E-state index contributed by atoms with van der Waals surface area (Å²) in [5.74, 6) is -0.135. The molecule has 2 atom stereocenters. The normalized spacial score (nSPS) is 12.8. The fraction of sp³-hybridized carbons (Fsp3) is 0.867. The monoisotopic (exact) mass is 928 g/mol. The highest BCUT2D eigenvalue weighted by Crippen LogP contribution is 2.17. The number of aliphatic hydroxyl groups excluding tert-OH is 2. The number of carbonyl (C=O) groups excluding carboxylic acids is 2. The van der Waals surface area contributed by atoms with Gasteiger partial charge in [0.15, 0.2) is 0 Å². The fourth-order valence-corrected chi connectivity index (χ4v) is 8.90. The van der Waals surface area contributed by atoms with E-state index in [0.29, 0.717) is 19.4 Å². The van der Waals surface area contributed by atoms with Crippen LogP contribution in [0.15, 0.2) is 36.5 Å². The molecular formula is C60H113NO5. The van der Waals surface area contributed by atoms with Gasteiger partial charge in [-0.2, -0.15) is 0 Å². The smallest absolute Gasteiger partial charge is 0.305 e. The Morgan fingerprint density at radius 3 is 1.18 bits per heavy atom. The zero-order valence-corrected chi connectivity index (χ0v) is 44.2. The number of esters is 1. The number of nitrogens with one attached hydrogen (secondary N) is 1. The Morgan fingerprint density at radius 2 is 0.758 bits per heavy atom. The molecule has 0 rings (SSSR count). The lowest BCUT2D eigenvalue weighted by molar-refractivity contribution is -0.143. The molecule has 6 heteroatoms. The van der Waals surface area contributed by atoms with E-state index in [1.54, 1.807) is 6.08 Å². The Balaban J connectivity index is 3.52. The molecule has 0 heterocycles. The molecule has 0 aromatic rings. The van der Waals surface area contributed by atoms with E-state index >= 15 is 0 Å². The van der Waals surface area contributed by atoms with E-state index in [1.165, 1.54) is 212 Å². The van der Waals surface area contributed by atoms with Gasteiger partial charge in [-0.15, -0.1) is 0 Å². The Kier molecular flexibility index (Phi) is 54.1. The van der Waals surface area contributed by atoms with Crippen molar-refractivity contribution in [2.24, 2.45) is 0 Å². The summed E-state index contributed by atoms with van der Waals surface area (Å²) in [6.07, 6.45) is 68.8. The van der Waals surface area contributed by atoms with Crippen LogP contribution in [0.2, 0.25) is 0 Å². The Morgan fingerprint density at radius 1 is 0.424 bits per heavy atom. The third kappa shape index (κ3) is 51.5. The number of carbonyl (C=O) groups is 2. The first kappa shape index (κ1) is 64.1. The van der Waals surface area contributed by atoms with Crippen LogP contribution in [0.25, 0.3) is 0 Å². The number of allylic oxidation sites excluding steroid dienone is 5. The van der Waals surface area contributed by atoms with Crippen LogP contribution in [-0.2, 0) is 14.3 Å². The number of aliphatic hydroxyl groups is 2. The second-order valence-corrected chi connectivity index (χ2v) is 20.0. The van der Waals surface area contributed by atoms with E-state index in [4.69, 9.17) is 4.74 Å². The summed E-state index contributed by atoms with van der Waals surface area (Å²) in [7, 11) is 0. The highest BCUT2D eigenvalue weighted by molar-refractivity contribution is 5.76. The molecule has 3 N–H and O–H groups in total. The average Bonchev–Trinajstić information content (AvgIpc) is 3.32. The first-order chi connectivity index (χ1) is 32.5. The summed E-state index contributed by atoms with van der Waals surface area (Å²) in [5.41, 5.74) is 0. The van der Waals surface area contributed by atoms with Gasteiger partial charge in [0, 0.05) is 12.8 Å². The summed E-state index contributed by atoms with van der Waals surface area (Å²) >= 11 is 0. The molecule has 388 valence electrons. The number of amides is 1. The predicted octanol–water partition coefficient (Wildman–Crippen LogP) is 18.0. The summed E-state index contributed by atoms with van der Waals surface area (Å²) in [6.45, 7) is 4.82. The number of hydrogen-bond donors (Lipinski definition) is 3. The second-order valence-electron chi connectivity index (χ2n) is 20.0. The maximum absolute atomic E-state index is 12.5. The van der Waals surface area contributed by atoms with Gasteiger partial charge in [-0.3, -0.25) is 9.59 Å². The van der Waals surface area contributed by atoms with Gasteiger partial charge >= 0.3 is 5.97 Å². The number of ether oxygens (including phenoxy) is 1. The Labute approximate surface area is 411 Å². The van der Waals surface area contributed by atoms with Crippen molar-refractivity contribution in [3.8, 4) is 0 Å². The molecule has 0 spiro atoms. The molecular weight excluding hydrogens is 815 g/mol. The van der Waals surface area contributed by atoms with E-state index < -0.39 is 12.1 Å². The van der Waals surface area contributed by atoms with Crippen LogP contribution in [0.1, 0.15) is 309 Å². The molecule has 0 aromatic heterocycles. The topological polar surface area (TPSA) is 95.9 Å². The minimum atomic E-state index is -0.865. The van der Waals surface area contributed by atoms with Gasteiger partial charge in [0.25, 0.3) is 0 Å². The van der Waals surface area contributed by atoms with Gasteiger partial charge in [0.05, 0.1) is 25.4 Å². The lowest BCUT2D eigenvalue weighted by atomic mass is 10.0. The van der Waals surface area contributed by atoms with Crippen LogP contribution in [0.4, 0.5) is 0 Å². The van der Waals surface area contributed by atoms with E-state index in [-0.39, 0.29) is 18.5 Å². The summed E-state index contributed by atoms with van der Waals surface area (Å²) in [6, 6.07) is -0.651. The van der Waals surface area contributed by atoms with E-state index in [0.717, 1.165) is 70.6 Å². The van der Waals surface area contributed by atoms with Gasteiger partial charge in [-0.25, -0.2) is 0 Å². The van der Waals surface area contributed by atoms with Crippen molar-refractivity contribution in [3.05, 3.63) is 36.5 Å². The summed E-state index contributed by atoms with van der Waals surface area (Å²) in [5, 5.41) is 23.2. The minimum absolute atomic E-state index is 0.0407. The van der Waals surface area contributed by atoms with Gasteiger partial charge in [-0.1, -0.05) is 269 Å². The Bertz CT molecular complexity index is 1070. The first-order valence-electron chi connectivity index (χ1n) is 29.3. The van der Waals surface area contributed by atoms with Gasteiger partial charge in [-0.05, 0) is 64.2 Å². The second kappa shape index (κ2) is 55.7. The standard InChI is InChI=1S/C60H113NO5/c1-3-5-7-9-11-13-15-17-19-20-21-22-23-24-25-26-27-28-30-31-33-36-40-44-48-52-58(63)57(56-62)61-59(64)53-49-45-41-37-35-39-43-47-51-55-66-60(65)54-50-46-42-38-34-32-29-18-16-14-12-10-8-6-4-2/h12,14,18,29,48,52,57-58,62-63H,3-11,13,15-17,19-28,30-47,49-51,53-56H2,1-2H3,(H,61,64)/b14-12-,29-18-,52-48+. The van der Waals surface area contributed by atoms with Crippen LogP contribution in [0.3, 0.4) is 0 Å². The van der Waals surface area contributed by atoms with Crippen molar-refractivity contribution in [2.75, 3.05) is 13.2 Å². The molecule has 0 fully saturated rings. The highest BCUT2D eigenvalue weighted by atomic mass is 16.5. The zero-order chi connectivity index (χ0) is 47.9. The van der Waals surface area contributed by atoms with E-state index in [1.807, 2.05) is 6.08 Å². The predicted molar refractivity (Wildman–Crippen MR) is 287 cm³/mol. The van der Waals surface area contributed by atoms with Crippen molar-refractivity contribution in [3.63, 3.8) is 0 Å². The zero-order valence-electron chi connectivity index (χ0n) is 44.2. The molecule has 6 nitrogen and oxygen atoms in total. The van der Waals surface area contributed by atoms with Crippen LogP contribution in [-0.4, -0.2) is 47.4 Å².